The monoisotopic (exact) mass is 532 g/mol. The zero-order chi connectivity index (χ0) is 26.6. The highest BCUT2D eigenvalue weighted by atomic mass is 35.5. The number of benzene rings is 1. The number of cyclic esters (lactones) is 1. The van der Waals surface area contributed by atoms with Crippen molar-refractivity contribution in [2.75, 3.05) is 29.9 Å². The maximum atomic E-state index is 12.1. The molecule has 1 amide bonds. The van der Waals surface area contributed by atoms with Gasteiger partial charge in [0.25, 0.3) is 0 Å². The third kappa shape index (κ3) is 4.18. The zero-order valence-electron chi connectivity index (χ0n) is 21.7. The van der Waals surface area contributed by atoms with Gasteiger partial charge in [-0.15, -0.1) is 0 Å². The molecule has 2 saturated heterocycles. The molecule has 2 aliphatic rings. The Hall–Kier alpha value is -3.92. The van der Waals surface area contributed by atoms with Crippen LogP contribution in [0.15, 0.2) is 42.9 Å². The van der Waals surface area contributed by atoms with Crippen LogP contribution in [-0.4, -0.2) is 67.5 Å². The quantitative estimate of drug-likeness (QED) is 0.371. The Balaban J connectivity index is 1.31. The molecule has 0 saturated carbocycles. The van der Waals surface area contributed by atoms with Crippen LogP contribution in [0.3, 0.4) is 0 Å². The predicted octanol–water partition coefficient (Wildman–Crippen LogP) is 4.98. The smallest absolute Gasteiger partial charge is 0.410 e. The van der Waals surface area contributed by atoms with Crippen molar-refractivity contribution in [2.24, 2.45) is 7.05 Å². The lowest BCUT2D eigenvalue weighted by Crippen LogP contribution is -2.66. The summed E-state index contributed by atoms with van der Waals surface area (Å²) in [7, 11) is 1.80. The van der Waals surface area contributed by atoms with Gasteiger partial charge in [-0.2, -0.15) is 5.10 Å². The molecule has 0 aliphatic carbocycles. The molecule has 0 spiro atoms. The van der Waals surface area contributed by atoms with Gasteiger partial charge in [0.15, 0.2) is 11.0 Å². The van der Waals surface area contributed by atoms with Crippen LogP contribution < -0.4 is 10.2 Å². The third-order valence-electron chi connectivity index (χ3n) is 7.40. The second-order valence-electron chi connectivity index (χ2n) is 10.1. The summed E-state index contributed by atoms with van der Waals surface area (Å²) < 4.78 is 6.79. The number of hydrogen-bond acceptors (Lipinski definition) is 8. The van der Waals surface area contributed by atoms with Crippen LogP contribution in [0.5, 0.6) is 0 Å². The second kappa shape index (κ2) is 9.43. The molecule has 38 heavy (non-hydrogen) atoms. The van der Waals surface area contributed by atoms with Crippen LogP contribution in [0.25, 0.3) is 22.2 Å². The highest BCUT2D eigenvalue weighted by Crippen LogP contribution is 2.39. The Kier molecular flexibility index (Phi) is 6.06. The van der Waals surface area contributed by atoms with Crippen LogP contribution >= 0.6 is 11.6 Å². The Morgan fingerprint density at radius 1 is 1.13 bits per heavy atom. The number of rotatable bonds is 6. The van der Waals surface area contributed by atoms with Crippen LogP contribution in [0.2, 0.25) is 5.15 Å². The maximum absolute atomic E-state index is 12.1. The number of amides is 1. The Morgan fingerprint density at radius 3 is 2.66 bits per heavy atom. The number of fused-ring (bicyclic) bond motifs is 1. The molecule has 2 fully saturated rings. The van der Waals surface area contributed by atoms with E-state index in [0.29, 0.717) is 47.2 Å². The molecule has 6 rings (SSSR count). The minimum Gasteiger partial charge on any atom is -0.448 e. The van der Waals surface area contributed by atoms with Crippen molar-refractivity contribution in [1.29, 1.82) is 0 Å². The van der Waals surface area contributed by atoms with Gasteiger partial charge in [0, 0.05) is 49.3 Å². The number of halogens is 1. The zero-order valence-corrected chi connectivity index (χ0v) is 22.5. The summed E-state index contributed by atoms with van der Waals surface area (Å²) in [6.45, 7) is 8.44. The van der Waals surface area contributed by atoms with E-state index in [4.69, 9.17) is 21.3 Å². The van der Waals surface area contributed by atoms with E-state index < -0.39 is 0 Å². The van der Waals surface area contributed by atoms with Gasteiger partial charge in [-0.3, -0.25) is 9.58 Å². The number of nitrogens with zero attached hydrogens (tertiary/aromatic N) is 7. The summed E-state index contributed by atoms with van der Waals surface area (Å²) in [6, 6.07) is 8.58. The summed E-state index contributed by atoms with van der Waals surface area (Å²) in [5, 5.41) is 10.1. The summed E-state index contributed by atoms with van der Waals surface area (Å²) in [6.07, 6.45) is 5.19. The lowest BCUT2D eigenvalue weighted by molar-refractivity contribution is 0.130. The molecular weight excluding hydrogens is 504 g/mol. The van der Waals surface area contributed by atoms with E-state index in [9.17, 15) is 4.79 Å². The minimum atomic E-state index is -0.211. The number of aryl methyl sites for hydroxylation is 1. The van der Waals surface area contributed by atoms with E-state index in [-0.39, 0.29) is 18.2 Å². The first kappa shape index (κ1) is 24.4. The van der Waals surface area contributed by atoms with Crippen molar-refractivity contribution in [3.05, 3.63) is 53.6 Å². The molecule has 11 heteroatoms. The van der Waals surface area contributed by atoms with Gasteiger partial charge < -0.3 is 15.0 Å². The van der Waals surface area contributed by atoms with Crippen LogP contribution in [0.4, 0.5) is 22.1 Å². The lowest BCUT2D eigenvalue weighted by atomic mass is 9.91. The fraction of sp³-hybridized carbons (Fsp3) is 0.370. The molecule has 196 valence electrons. The topological polar surface area (TPSA) is 101 Å². The van der Waals surface area contributed by atoms with Gasteiger partial charge in [0.2, 0.25) is 0 Å². The van der Waals surface area contributed by atoms with E-state index >= 15 is 0 Å². The number of anilines is 3. The number of ether oxygens (including phenoxy) is 1. The Morgan fingerprint density at radius 2 is 1.97 bits per heavy atom. The highest BCUT2D eigenvalue weighted by Gasteiger charge is 2.44. The van der Waals surface area contributed by atoms with Gasteiger partial charge in [0.05, 0.1) is 18.2 Å². The molecule has 3 aromatic heterocycles. The number of carbonyl (C=O) groups is 1. The first-order valence-corrected chi connectivity index (χ1v) is 13.1. The largest absolute Gasteiger partial charge is 0.448 e. The molecule has 1 aromatic carbocycles. The molecule has 4 aromatic rings. The third-order valence-corrected chi connectivity index (χ3v) is 7.68. The van der Waals surface area contributed by atoms with Crippen molar-refractivity contribution in [1.82, 2.24) is 29.6 Å². The molecule has 10 nitrogen and oxygen atoms in total. The average molecular weight is 533 g/mol. The average Bonchev–Trinajstić information content (AvgIpc) is 3.46. The van der Waals surface area contributed by atoms with Gasteiger partial charge >= 0.3 is 6.09 Å². The normalized spacial score (nSPS) is 19.3. The minimum absolute atomic E-state index is 0.152. The van der Waals surface area contributed by atoms with Crippen molar-refractivity contribution in [2.45, 2.75) is 38.8 Å². The van der Waals surface area contributed by atoms with E-state index in [1.54, 1.807) is 30.2 Å². The fourth-order valence-electron chi connectivity index (χ4n) is 5.34. The first-order chi connectivity index (χ1) is 18.3. The molecular formula is C27H29ClN8O2. The highest BCUT2D eigenvalue weighted by molar-refractivity contribution is 6.31. The van der Waals surface area contributed by atoms with Crippen molar-refractivity contribution in [3.63, 3.8) is 0 Å². The van der Waals surface area contributed by atoms with E-state index in [0.717, 1.165) is 23.0 Å². The van der Waals surface area contributed by atoms with Crippen LogP contribution in [0.1, 0.15) is 32.3 Å². The van der Waals surface area contributed by atoms with E-state index in [1.165, 1.54) is 5.56 Å². The van der Waals surface area contributed by atoms with Crippen molar-refractivity contribution in [3.8, 4) is 11.4 Å². The van der Waals surface area contributed by atoms with Crippen LogP contribution in [0, 0.1) is 0 Å². The summed E-state index contributed by atoms with van der Waals surface area (Å²) in [5.74, 6) is 2.12. The summed E-state index contributed by atoms with van der Waals surface area (Å²) in [4.78, 5) is 30.0. The molecule has 0 radical (unpaired) electrons. The number of carbonyl (C=O) groups excluding carboxylic acids is 1. The van der Waals surface area contributed by atoms with Gasteiger partial charge in [-0.25, -0.2) is 19.7 Å². The van der Waals surface area contributed by atoms with E-state index in [1.807, 2.05) is 11.1 Å². The van der Waals surface area contributed by atoms with Gasteiger partial charge in [-0.1, -0.05) is 31.5 Å². The van der Waals surface area contributed by atoms with Crippen LogP contribution in [-0.2, 0) is 11.8 Å². The SMILES string of the molecule is CC(C)c1ccc(N2C[C@H](N3CCOC3=O)[C@H]2C)c2cnc(Nc3ccnc(-c4cn(C)nc4Cl)n3)cc12. The summed E-state index contributed by atoms with van der Waals surface area (Å²) in [5.41, 5.74) is 3.03. The van der Waals surface area contributed by atoms with E-state index in [2.05, 4.69) is 64.3 Å². The Labute approximate surface area is 225 Å². The lowest BCUT2D eigenvalue weighted by Gasteiger charge is -2.51. The molecule has 2 aliphatic heterocycles. The predicted molar refractivity (Wildman–Crippen MR) is 147 cm³/mol. The number of pyridine rings is 1. The fourth-order valence-corrected chi connectivity index (χ4v) is 5.60. The first-order valence-electron chi connectivity index (χ1n) is 12.7. The van der Waals surface area contributed by atoms with Crippen molar-refractivity contribution >= 4 is 45.8 Å². The number of nitrogens with one attached hydrogen (secondary N) is 1. The summed E-state index contributed by atoms with van der Waals surface area (Å²) >= 11 is 6.25. The molecule has 5 heterocycles. The molecule has 0 unspecified atom stereocenters. The Bertz CT molecular complexity index is 1540. The molecule has 1 N–H and O–H groups in total. The number of aromatic nitrogens is 5. The van der Waals surface area contributed by atoms with Gasteiger partial charge in [-0.05, 0) is 42.0 Å². The molecule has 0 bridgehead atoms. The number of hydrogen-bond donors (Lipinski definition) is 1. The van der Waals surface area contributed by atoms with Gasteiger partial charge in [0.1, 0.15) is 18.2 Å². The second-order valence-corrected chi connectivity index (χ2v) is 10.5. The molecule has 2 atom stereocenters. The maximum Gasteiger partial charge on any atom is 0.410 e. The standard InChI is InChI=1S/C27H29ClN8O2/c1-15(2)17-5-6-21(36-14-22(16(36)3)35-9-10-38-27(35)37)19-12-30-24(11-18(17)19)31-23-7-8-29-26(32-23)20-13-34(4)33-25(20)28/h5-8,11-13,15-16,22H,9-10,14H2,1-4H3,(H,29,30,31,32)/t16-,22+/m1/s1. The van der Waals surface area contributed by atoms with Crippen molar-refractivity contribution < 1.29 is 9.53 Å².